The van der Waals surface area contributed by atoms with E-state index in [1.54, 1.807) is 24.3 Å². The molecule has 39 heavy (non-hydrogen) atoms. The largest absolute Gasteiger partial charge is 0.504 e. The molecule has 0 saturated carbocycles. The summed E-state index contributed by atoms with van der Waals surface area (Å²) in [7, 11) is -9.31. The molecule has 0 bridgehead atoms. The van der Waals surface area contributed by atoms with Crippen LogP contribution < -0.4 is 9.47 Å². The standard InChI is InChI=1S/C29H36N2O6S2/c1-3-5-7-9-19-36-25-14-17-27(18-15-25)38(32,33)29(31-30)39(34,35)28-16-12-23-21-26(13-11-24(23)22-28)37-20-10-8-6-4-2/h11-18,21-22H,3-10,19-20H2,1-2H3. The first kappa shape index (κ1) is 30.3. The second-order valence-corrected chi connectivity index (χ2v) is 13.3. The summed E-state index contributed by atoms with van der Waals surface area (Å²) >= 11 is 0. The molecule has 0 heterocycles. The lowest BCUT2D eigenvalue weighted by molar-refractivity contribution is 0.00380. The number of hydrogen-bond donors (Lipinski definition) is 0. The highest BCUT2D eigenvalue weighted by molar-refractivity contribution is 8.31. The van der Waals surface area contributed by atoms with Crippen molar-refractivity contribution in [2.24, 2.45) is 0 Å². The van der Waals surface area contributed by atoms with E-state index < -0.39 is 24.1 Å². The van der Waals surface area contributed by atoms with Gasteiger partial charge in [-0.1, -0.05) is 64.5 Å². The van der Waals surface area contributed by atoms with Crippen molar-refractivity contribution < 1.29 is 31.1 Å². The molecule has 0 aliphatic heterocycles. The van der Waals surface area contributed by atoms with Crippen LogP contribution in [0, 0.1) is 0 Å². The van der Waals surface area contributed by atoms with Crippen molar-refractivity contribution in [2.45, 2.75) is 75.0 Å². The van der Waals surface area contributed by atoms with Gasteiger partial charge in [-0.15, -0.1) is 4.79 Å². The Kier molecular flexibility index (Phi) is 11.1. The van der Waals surface area contributed by atoms with Crippen molar-refractivity contribution in [3.8, 4) is 11.5 Å². The fourth-order valence-corrected chi connectivity index (χ4v) is 7.44. The van der Waals surface area contributed by atoms with E-state index in [0.29, 0.717) is 30.1 Å². The van der Waals surface area contributed by atoms with Gasteiger partial charge in [0.05, 0.1) is 23.0 Å². The number of rotatable bonds is 14. The molecule has 0 fully saturated rings. The van der Waals surface area contributed by atoms with E-state index in [0.717, 1.165) is 56.8 Å². The summed E-state index contributed by atoms with van der Waals surface area (Å²) in [5.74, 6) is 1.14. The van der Waals surface area contributed by atoms with Crippen LogP contribution in [-0.2, 0) is 19.7 Å². The minimum absolute atomic E-state index is 0.299. The van der Waals surface area contributed by atoms with E-state index >= 15 is 0 Å². The van der Waals surface area contributed by atoms with E-state index in [1.165, 1.54) is 36.4 Å². The van der Waals surface area contributed by atoms with Crippen LogP contribution in [0.2, 0.25) is 0 Å². The summed E-state index contributed by atoms with van der Waals surface area (Å²) in [6.07, 6.45) is 8.50. The highest BCUT2D eigenvalue weighted by Crippen LogP contribution is 2.27. The summed E-state index contributed by atoms with van der Waals surface area (Å²) in [4.78, 5) is 2.10. The van der Waals surface area contributed by atoms with E-state index in [2.05, 4.69) is 18.6 Å². The zero-order chi connectivity index (χ0) is 28.3. The smallest absolute Gasteiger partial charge is 0.494 e. The van der Waals surface area contributed by atoms with Crippen LogP contribution in [0.3, 0.4) is 0 Å². The number of nitrogens with zero attached hydrogens (tertiary/aromatic N) is 2. The normalized spacial score (nSPS) is 11.7. The maximum atomic E-state index is 13.3. The molecule has 0 saturated heterocycles. The van der Waals surface area contributed by atoms with E-state index in [4.69, 9.17) is 9.47 Å². The second kappa shape index (κ2) is 14.3. The lowest BCUT2D eigenvalue weighted by atomic mass is 10.1. The van der Waals surface area contributed by atoms with Crippen molar-refractivity contribution in [3.05, 3.63) is 66.2 Å². The van der Waals surface area contributed by atoms with Gasteiger partial charge >= 0.3 is 4.38 Å². The van der Waals surface area contributed by atoms with Crippen LogP contribution in [-0.4, -0.2) is 39.2 Å². The van der Waals surface area contributed by atoms with Gasteiger partial charge < -0.3 is 15.0 Å². The number of fused-ring (bicyclic) bond motifs is 1. The maximum Gasteiger partial charge on any atom is 0.504 e. The Hall–Kier alpha value is -3.20. The molecule has 3 rings (SSSR count). The van der Waals surface area contributed by atoms with Crippen molar-refractivity contribution in [2.75, 3.05) is 13.2 Å². The molecule has 0 N–H and O–H groups in total. The van der Waals surface area contributed by atoms with Gasteiger partial charge in [-0.3, -0.25) is 0 Å². The first-order valence-corrected chi connectivity index (χ1v) is 16.3. The number of hydrogen-bond acceptors (Lipinski definition) is 6. The van der Waals surface area contributed by atoms with Gasteiger partial charge in [0.25, 0.3) is 19.7 Å². The van der Waals surface area contributed by atoms with Gasteiger partial charge in [-0.05, 0) is 72.1 Å². The van der Waals surface area contributed by atoms with E-state index in [9.17, 15) is 22.4 Å². The zero-order valence-corrected chi connectivity index (χ0v) is 24.1. The molecule has 3 aromatic rings. The summed E-state index contributed by atoms with van der Waals surface area (Å²) in [6.45, 7) is 5.36. The SMILES string of the molecule is CCCCCCOc1ccc(S(=O)(=O)C(=[N+]=[N-])S(=O)(=O)c2ccc3cc(OCCCCCC)ccc3c2)cc1. The van der Waals surface area contributed by atoms with Crippen LogP contribution in [0.25, 0.3) is 16.3 Å². The molecular formula is C29H36N2O6S2. The first-order chi connectivity index (χ1) is 18.7. The first-order valence-electron chi connectivity index (χ1n) is 13.4. The second-order valence-electron chi connectivity index (χ2n) is 9.33. The average Bonchev–Trinajstić information content (AvgIpc) is 2.92. The molecule has 8 nitrogen and oxygen atoms in total. The van der Waals surface area contributed by atoms with Gasteiger partial charge in [0, 0.05) is 0 Å². The van der Waals surface area contributed by atoms with E-state index in [1.807, 2.05) is 0 Å². The monoisotopic (exact) mass is 572 g/mol. The Balaban J connectivity index is 1.77. The molecule has 0 radical (unpaired) electrons. The summed E-state index contributed by atoms with van der Waals surface area (Å²) in [6, 6.07) is 14.8. The molecule has 0 spiro atoms. The molecule has 0 aromatic heterocycles. The van der Waals surface area contributed by atoms with Crippen LogP contribution >= 0.6 is 0 Å². The fourth-order valence-electron chi connectivity index (χ4n) is 4.07. The highest BCUT2D eigenvalue weighted by atomic mass is 32.3. The van der Waals surface area contributed by atoms with E-state index in [-0.39, 0.29) is 9.79 Å². The average molecular weight is 573 g/mol. The molecule has 0 aliphatic rings. The lowest BCUT2D eigenvalue weighted by Crippen LogP contribution is -2.26. The van der Waals surface area contributed by atoms with Gasteiger partial charge in [-0.25, -0.2) is 16.8 Å². The molecule has 210 valence electrons. The molecule has 0 aliphatic carbocycles. The predicted molar refractivity (Wildman–Crippen MR) is 153 cm³/mol. The van der Waals surface area contributed by atoms with Gasteiger partial charge in [-0.2, -0.15) is 0 Å². The molecule has 0 amide bonds. The highest BCUT2D eigenvalue weighted by Gasteiger charge is 2.44. The topological polar surface area (TPSA) is 123 Å². The third kappa shape index (κ3) is 7.91. The molecule has 3 aromatic carbocycles. The predicted octanol–water partition coefficient (Wildman–Crippen LogP) is 6.59. The number of unbranched alkanes of at least 4 members (excludes halogenated alkanes) is 6. The van der Waals surface area contributed by atoms with Crippen LogP contribution in [0.5, 0.6) is 11.5 Å². The quantitative estimate of drug-likeness (QED) is 0.0706. The Morgan fingerprint density at radius 3 is 1.72 bits per heavy atom. The Labute approximate surface area is 231 Å². The van der Waals surface area contributed by atoms with Crippen LogP contribution in [0.4, 0.5) is 0 Å². The van der Waals surface area contributed by atoms with Crippen molar-refractivity contribution in [3.63, 3.8) is 0 Å². The maximum absolute atomic E-state index is 13.3. The molecular weight excluding hydrogens is 536 g/mol. The Morgan fingerprint density at radius 2 is 1.13 bits per heavy atom. The van der Waals surface area contributed by atoms with Gasteiger partial charge in [0.15, 0.2) is 0 Å². The number of ether oxygens (including phenoxy) is 2. The van der Waals surface area contributed by atoms with Crippen molar-refractivity contribution in [1.29, 1.82) is 0 Å². The molecule has 0 atom stereocenters. The number of sulfone groups is 2. The third-order valence-corrected chi connectivity index (χ3v) is 10.5. The number of benzene rings is 3. The molecule has 10 heteroatoms. The fraction of sp³-hybridized carbons (Fsp3) is 0.414. The minimum Gasteiger partial charge on any atom is -0.494 e. The third-order valence-electron chi connectivity index (χ3n) is 6.30. The van der Waals surface area contributed by atoms with Crippen LogP contribution in [0.15, 0.2) is 70.5 Å². The van der Waals surface area contributed by atoms with Crippen LogP contribution in [0.1, 0.15) is 65.2 Å². The zero-order valence-electron chi connectivity index (χ0n) is 22.5. The summed E-state index contributed by atoms with van der Waals surface area (Å²) in [5, 5.41) is 1.31. The van der Waals surface area contributed by atoms with Gasteiger partial charge in [0.2, 0.25) is 0 Å². The Bertz CT molecular complexity index is 1510. The van der Waals surface area contributed by atoms with Crippen molar-refractivity contribution >= 4 is 34.8 Å². The summed E-state index contributed by atoms with van der Waals surface area (Å²) < 4.78 is 63.0. The minimum atomic E-state index is -4.67. The van der Waals surface area contributed by atoms with Crippen molar-refractivity contribution in [1.82, 2.24) is 0 Å². The van der Waals surface area contributed by atoms with Gasteiger partial charge in [0.1, 0.15) is 11.5 Å². The Morgan fingerprint density at radius 1 is 0.641 bits per heavy atom. The molecule has 0 unspecified atom stereocenters. The summed E-state index contributed by atoms with van der Waals surface area (Å²) in [5.41, 5.74) is 9.54. The lowest BCUT2D eigenvalue weighted by Gasteiger charge is -2.09.